The van der Waals surface area contributed by atoms with E-state index in [2.05, 4.69) is 37.1 Å². The third kappa shape index (κ3) is 4.80. The number of aromatic nitrogens is 2. The SMILES string of the molecule is Cc1cccc(C2CCN(C(=O)Cn3nc(C(=O)N4CC[C@H](O)[C@@H](F)C4)c4c3CCCC4)CC2)c1C. The molecule has 0 spiro atoms. The lowest BCUT2D eigenvalue weighted by Crippen LogP contribution is -2.47. The van der Waals surface area contributed by atoms with Crippen LogP contribution in [0.1, 0.15) is 76.5 Å². The Morgan fingerprint density at radius 3 is 2.53 bits per heavy atom. The van der Waals surface area contributed by atoms with Crippen molar-refractivity contribution >= 4 is 11.8 Å². The summed E-state index contributed by atoms with van der Waals surface area (Å²) in [7, 11) is 0. The molecule has 1 N–H and O–H groups in total. The second kappa shape index (κ2) is 10.3. The first-order valence-corrected chi connectivity index (χ1v) is 13.4. The second-order valence-corrected chi connectivity index (χ2v) is 10.7. The second-order valence-electron chi connectivity index (χ2n) is 10.7. The lowest BCUT2D eigenvalue weighted by atomic mass is 9.85. The summed E-state index contributed by atoms with van der Waals surface area (Å²) in [5, 5.41) is 14.3. The van der Waals surface area contributed by atoms with Crippen molar-refractivity contribution in [3.63, 3.8) is 0 Å². The summed E-state index contributed by atoms with van der Waals surface area (Å²) in [5.41, 5.74) is 6.29. The molecule has 2 amide bonds. The Labute approximate surface area is 212 Å². The minimum Gasteiger partial charge on any atom is -0.390 e. The molecule has 0 saturated carbocycles. The maximum absolute atomic E-state index is 14.1. The van der Waals surface area contributed by atoms with E-state index in [4.69, 9.17) is 0 Å². The molecule has 0 bridgehead atoms. The van der Waals surface area contributed by atoms with E-state index in [1.165, 1.54) is 21.6 Å². The molecule has 5 rings (SSSR count). The third-order valence-corrected chi connectivity index (χ3v) is 8.47. The molecule has 2 fully saturated rings. The van der Waals surface area contributed by atoms with Crippen LogP contribution in [0, 0.1) is 13.8 Å². The molecule has 3 heterocycles. The summed E-state index contributed by atoms with van der Waals surface area (Å²) in [6.45, 7) is 6.11. The largest absolute Gasteiger partial charge is 0.390 e. The van der Waals surface area contributed by atoms with E-state index in [1.54, 1.807) is 4.68 Å². The average molecular weight is 497 g/mol. The van der Waals surface area contributed by atoms with Crippen molar-refractivity contribution in [2.45, 2.75) is 83.5 Å². The topological polar surface area (TPSA) is 78.7 Å². The van der Waals surface area contributed by atoms with Crippen molar-refractivity contribution in [1.29, 1.82) is 0 Å². The van der Waals surface area contributed by atoms with Gasteiger partial charge in [-0.05, 0) is 81.4 Å². The van der Waals surface area contributed by atoms with E-state index >= 15 is 0 Å². The zero-order valence-electron chi connectivity index (χ0n) is 21.4. The number of fused-ring (bicyclic) bond motifs is 1. The molecule has 0 unspecified atom stereocenters. The Kier molecular flexibility index (Phi) is 7.15. The summed E-state index contributed by atoms with van der Waals surface area (Å²) >= 11 is 0. The van der Waals surface area contributed by atoms with Gasteiger partial charge in [-0.25, -0.2) is 4.39 Å². The lowest BCUT2D eigenvalue weighted by molar-refractivity contribution is -0.133. The summed E-state index contributed by atoms with van der Waals surface area (Å²) in [6.07, 6.45) is 3.19. The van der Waals surface area contributed by atoms with Gasteiger partial charge in [-0.3, -0.25) is 14.3 Å². The van der Waals surface area contributed by atoms with Crippen molar-refractivity contribution in [3.8, 4) is 0 Å². The maximum Gasteiger partial charge on any atom is 0.274 e. The number of amides is 2. The lowest BCUT2D eigenvalue weighted by Gasteiger charge is -2.33. The molecule has 3 aliphatic rings. The van der Waals surface area contributed by atoms with Crippen molar-refractivity contribution < 1.29 is 19.1 Å². The number of piperidine rings is 2. The number of benzene rings is 1. The first-order valence-electron chi connectivity index (χ1n) is 13.4. The van der Waals surface area contributed by atoms with Gasteiger partial charge in [0, 0.05) is 30.9 Å². The molecule has 1 aromatic heterocycles. The van der Waals surface area contributed by atoms with Gasteiger partial charge < -0.3 is 14.9 Å². The molecule has 8 heteroatoms. The van der Waals surface area contributed by atoms with Crippen LogP contribution < -0.4 is 0 Å². The van der Waals surface area contributed by atoms with Gasteiger partial charge in [0.25, 0.3) is 5.91 Å². The number of rotatable bonds is 4. The predicted molar refractivity (Wildman–Crippen MR) is 135 cm³/mol. The highest BCUT2D eigenvalue weighted by molar-refractivity contribution is 5.94. The zero-order chi connectivity index (χ0) is 25.4. The normalized spacial score (nSPS) is 23.0. The van der Waals surface area contributed by atoms with Crippen molar-refractivity contribution in [2.24, 2.45) is 0 Å². The van der Waals surface area contributed by atoms with Gasteiger partial charge in [0.1, 0.15) is 12.7 Å². The van der Waals surface area contributed by atoms with Gasteiger partial charge in [-0.2, -0.15) is 5.10 Å². The highest BCUT2D eigenvalue weighted by Gasteiger charge is 2.34. The number of aliphatic hydroxyl groups is 1. The molecule has 2 atom stereocenters. The smallest absolute Gasteiger partial charge is 0.274 e. The van der Waals surface area contributed by atoms with Gasteiger partial charge in [-0.15, -0.1) is 0 Å². The fourth-order valence-electron chi connectivity index (χ4n) is 6.08. The zero-order valence-corrected chi connectivity index (χ0v) is 21.4. The first kappa shape index (κ1) is 24.9. The van der Waals surface area contributed by atoms with E-state index in [0.717, 1.165) is 62.9 Å². The van der Waals surface area contributed by atoms with Crippen LogP contribution in [0.3, 0.4) is 0 Å². The summed E-state index contributed by atoms with van der Waals surface area (Å²) in [5.74, 6) is 0.218. The minimum absolute atomic E-state index is 0.0363. The van der Waals surface area contributed by atoms with Gasteiger partial charge in [0.2, 0.25) is 5.91 Å². The molecule has 36 heavy (non-hydrogen) atoms. The van der Waals surface area contributed by atoms with Crippen molar-refractivity contribution in [1.82, 2.24) is 19.6 Å². The number of nitrogens with zero attached hydrogens (tertiary/aromatic N) is 4. The molecular formula is C28H37FN4O3. The maximum atomic E-state index is 14.1. The third-order valence-electron chi connectivity index (χ3n) is 8.47. The Balaban J connectivity index is 1.27. The Hall–Kier alpha value is -2.74. The minimum atomic E-state index is -1.44. The number of aryl methyl sites for hydroxylation is 1. The molecule has 1 aliphatic carbocycles. The fourth-order valence-corrected chi connectivity index (χ4v) is 6.08. The van der Waals surface area contributed by atoms with Crippen LogP contribution in [0.5, 0.6) is 0 Å². The summed E-state index contributed by atoms with van der Waals surface area (Å²) < 4.78 is 15.8. The molecule has 7 nitrogen and oxygen atoms in total. The van der Waals surface area contributed by atoms with Crippen LogP contribution in [0.2, 0.25) is 0 Å². The molecule has 2 aliphatic heterocycles. The van der Waals surface area contributed by atoms with Crippen LogP contribution in [0.4, 0.5) is 4.39 Å². The van der Waals surface area contributed by atoms with Crippen LogP contribution in [0.15, 0.2) is 18.2 Å². The standard InChI is InChI=1S/C28H37FN4O3/c1-18-6-5-8-21(19(18)2)20-10-13-31(14-11-20)26(35)17-33-24-9-4-3-7-22(24)27(30-33)28(36)32-15-12-25(34)23(29)16-32/h5-6,8,20,23,25,34H,3-4,7,9-17H2,1-2H3/t23-,25-/m0/s1. The van der Waals surface area contributed by atoms with Gasteiger partial charge in [0.15, 0.2) is 5.69 Å². The van der Waals surface area contributed by atoms with E-state index in [1.807, 2.05) is 4.90 Å². The Bertz CT molecular complexity index is 1140. The molecule has 1 aromatic carbocycles. The number of hydrogen-bond acceptors (Lipinski definition) is 4. The quantitative estimate of drug-likeness (QED) is 0.704. The average Bonchev–Trinajstić information content (AvgIpc) is 3.25. The molecule has 2 aromatic rings. The highest BCUT2D eigenvalue weighted by Crippen LogP contribution is 2.32. The number of halogens is 1. The molecule has 194 valence electrons. The summed E-state index contributed by atoms with van der Waals surface area (Å²) in [6, 6.07) is 6.48. The number of carbonyl (C=O) groups excluding carboxylic acids is 2. The number of aliphatic hydroxyl groups excluding tert-OH is 1. The van der Waals surface area contributed by atoms with Gasteiger partial charge in [0.05, 0.1) is 12.6 Å². The molecule has 2 saturated heterocycles. The van der Waals surface area contributed by atoms with Gasteiger partial charge in [-0.1, -0.05) is 18.2 Å². The van der Waals surface area contributed by atoms with Gasteiger partial charge >= 0.3 is 0 Å². The Morgan fingerprint density at radius 1 is 1.06 bits per heavy atom. The van der Waals surface area contributed by atoms with Crippen LogP contribution >= 0.6 is 0 Å². The monoisotopic (exact) mass is 496 g/mol. The first-order chi connectivity index (χ1) is 17.3. The Morgan fingerprint density at radius 2 is 1.78 bits per heavy atom. The van der Waals surface area contributed by atoms with E-state index in [-0.39, 0.29) is 31.3 Å². The van der Waals surface area contributed by atoms with E-state index in [9.17, 15) is 19.1 Å². The molecule has 0 radical (unpaired) electrons. The van der Waals surface area contributed by atoms with E-state index < -0.39 is 12.3 Å². The number of hydrogen-bond donors (Lipinski definition) is 1. The van der Waals surface area contributed by atoms with E-state index in [0.29, 0.717) is 18.2 Å². The number of likely N-dealkylation sites (tertiary alicyclic amines) is 2. The predicted octanol–water partition coefficient (Wildman–Crippen LogP) is 3.33. The van der Waals surface area contributed by atoms with Crippen molar-refractivity contribution in [3.05, 3.63) is 51.8 Å². The number of carbonyl (C=O) groups is 2. The highest BCUT2D eigenvalue weighted by atomic mass is 19.1. The van der Waals surface area contributed by atoms with Crippen LogP contribution in [-0.2, 0) is 24.2 Å². The number of alkyl halides is 1. The van der Waals surface area contributed by atoms with Crippen LogP contribution in [-0.4, -0.2) is 75.0 Å². The van der Waals surface area contributed by atoms with Crippen molar-refractivity contribution in [2.75, 3.05) is 26.2 Å². The van der Waals surface area contributed by atoms with Crippen LogP contribution in [0.25, 0.3) is 0 Å². The summed E-state index contributed by atoms with van der Waals surface area (Å²) in [4.78, 5) is 29.9. The fraction of sp³-hybridized carbons (Fsp3) is 0.607. The molecular weight excluding hydrogens is 459 g/mol.